The van der Waals surface area contributed by atoms with Gasteiger partial charge >= 0.3 is 0 Å². The van der Waals surface area contributed by atoms with Crippen molar-refractivity contribution in [1.82, 2.24) is 5.32 Å². The molecule has 1 unspecified atom stereocenters. The molecular weight excluding hydrogens is 134 g/mol. The van der Waals surface area contributed by atoms with Crippen molar-refractivity contribution in [3.63, 3.8) is 0 Å². The summed E-state index contributed by atoms with van der Waals surface area (Å²) in [6.07, 6.45) is 0. The quantitative estimate of drug-likeness (QED) is 0.425. The molecular formula is C5H11N3O2. The average Bonchev–Trinajstić information content (AvgIpc) is 1.87. The van der Waals surface area contributed by atoms with Crippen molar-refractivity contribution in [1.29, 1.82) is 0 Å². The molecule has 0 aromatic carbocycles. The van der Waals surface area contributed by atoms with Crippen LogP contribution in [0.25, 0.3) is 0 Å². The fourth-order valence-corrected chi connectivity index (χ4v) is 0.372. The fourth-order valence-electron chi connectivity index (χ4n) is 0.372. The summed E-state index contributed by atoms with van der Waals surface area (Å²) in [5.74, 6) is -0.951. The third-order valence-electron chi connectivity index (χ3n) is 0.990. The van der Waals surface area contributed by atoms with Crippen molar-refractivity contribution in [3.05, 3.63) is 0 Å². The summed E-state index contributed by atoms with van der Waals surface area (Å²) in [6.45, 7) is 1.37. The second-order valence-corrected chi connectivity index (χ2v) is 1.90. The van der Waals surface area contributed by atoms with E-state index in [9.17, 15) is 9.59 Å². The molecule has 5 heteroatoms. The first-order valence-corrected chi connectivity index (χ1v) is 2.86. The first-order valence-electron chi connectivity index (χ1n) is 2.86. The van der Waals surface area contributed by atoms with Crippen molar-refractivity contribution >= 4 is 11.8 Å². The van der Waals surface area contributed by atoms with Gasteiger partial charge in [0.15, 0.2) is 0 Å². The molecule has 0 heterocycles. The van der Waals surface area contributed by atoms with Gasteiger partial charge in [0.1, 0.15) is 6.04 Å². The second-order valence-electron chi connectivity index (χ2n) is 1.90. The molecule has 0 spiro atoms. The monoisotopic (exact) mass is 145 g/mol. The molecule has 0 saturated heterocycles. The van der Waals surface area contributed by atoms with Crippen LogP contribution in [0.15, 0.2) is 0 Å². The van der Waals surface area contributed by atoms with Gasteiger partial charge in [0.2, 0.25) is 11.8 Å². The highest BCUT2D eigenvalue weighted by atomic mass is 16.2. The van der Waals surface area contributed by atoms with Crippen molar-refractivity contribution in [2.45, 2.75) is 13.0 Å². The summed E-state index contributed by atoms with van der Waals surface area (Å²) in [5, 5.41) is 2.29. The Balaban J connectivity index is 3.68. The molecule has 5 nitrogen and oxygen atoms in total. The molecule has 0 radical (unpaired) electrons. The van der Waals surface area contributed by atoms with E-state index in [1.807, 2.05) is 0 Å². The van der Waals surface area contributed by atoms with Gasteiger partial charge in [-0.3, -0.25) is 9.59 Å². The van der Waals surface area contributed by atoms with Crippen LogP contribution in [0.5, 0.6) is 0 Å². The zero-order valence-corrected chi connectivity index (χ0v) is 5.76. The lowest BCUT2D eigenvalue weighted by Gasteiger charge is -2.07. The number of primary amides is 1. The van der Waals surface area contributed by atoms with Crippen molar-refractivity contribution < 1.29 is 9.59 Å². The van der Waals surface area contributed by atoms with Crippen LogP contribution in [-0.2, 0) is 9.59 Å². The van der Waals surface area contributed by atoms with E-state index < -0.39 is 11.9 Å². The van der Waals surface area contributed by atoms with E-state index in [1.165, 1.54) is 6.92 Å². The van der Waals surface area contributed by atoms with Crippen molar-refractivity contribution in [2.75, 3.05) is 6.54 Å². The Hall–Kier alpha value is -1.10. The predicted molar refractivity (Wildman–Crippen MR) is 35.9 cm³/mol. The van der Waals surface area contributed by atoms with E-state index in [0.717, 1.165) is 0 Å². The molecule has 0 bridgehead atoms. The number of carbonyl (C=O) groups excluding carboxylic acids is 2. The van der Waals surface area contributed by atoms with E-state index in [0.29, 0.717) is 0 Å². The molecule has 0 rings (SSSR count). The molecule has 2 amide bonds. The van der Waals surface area contributed by atoms with Gasteiger partial charge in [-0.1, -0.05) is 0 Å². The van der Waals surface area contributed by atoms with Crippen LogP contribution in [0.1, 0.15) is 6.92 Å². The lowest BCUT2D eigenvalue weighted by Crippen LogP contribution is -2.44. The summed E-state index contributed by atoms with van der Waals surface area (Å²) in [4.78, 5) is 20.8. The molecule has 0 saturated carbocycles. The van der Waals surface area contributed by atoms with Crippen LogP contribution >= 0.6 is 0 Å². The molecule has 0 aliphatic carbocycles. The molecule has 10 heavy (non-hydrogen) atoms. The van der Waals surface area contributed by atoms with Gasteiger partial charge in [-0.25, -0.2) is 0 Å². The molecule has 58 valence electrons. The van der Waals surface area contributed by atoms with Gasteiger partial charge in [-0.05, 0) is 6.92 Å². The van der Waals surface area contributed by atoms with Crippen LogP contribution in [0.3, 0.4) is 0 Å². The largest absolute Gasteiger partial charge is 0.368 e. The molecule has 1 atom stereocenters. The number of amides is 2. The minimum atomic E-state index is -0.643. The van der Waals surface area contributed by atoms with Crippen molar-refractivity contribution in [2.24, 2.45) is 11.5 Å². The first-order chi connectivity index (χ1) is 4.57. The van der Waals surface area contributed by atoms with Gasteiger partial charge in [0.05, 0.1) is 6.54 Å². The second kappa shape index (κ2) is 3.84. The average molecular weight is 145 g/mol. The zero-order chi connectivity index (χ0) is 8.15. The molecule has 0 aliphatic rings. The maximum atomic E-state index is 10.5. The molecule has 0 aliphatic heterocycles. The Morgan fingerprint density at radius 3 is 2.40 bits per heavy atom. The lowest BCUT2D eigenvalue weighted by molar-refractivity contribution is -0.126. The van der Waals surface area contributed by atoms with Gasteiger partial charge in [-0.15, -0.1) is 0 Å². The van der Waals surface area contributed by atoms with Gasteiger partial charge in [0, 0.05) is 0 Å². The SMILES string of the molecule is CC(NC(=O)CN)C(N)=O. The topological polar surface area (TPSA) is 98.2 Å². The Labute approximate surface area is 58.8 Å². The standard InChI is InChI=1S/C5H11N3O2/c1-3(5(7)10)8-4(9)2-6/h3H,2,6H2,1H3,(H2,7,10)(H,8,9). The predicted octanol–water partition coefficient (Wildman–Crippen LogP) is -2.06. The van der Waals surface area contributed by atoms with Crippen LogP contribution in [0.2, 0.25) is 0 Å². The normalized spacial score (nSPS) is 12.2. The first kappa shape index (κ1) is 8.90. The van der Waals surface area contributed by atoms with E-state index in [4.69, 9.17) is 11.5 Å². The highest BCUT2D eigenvalue weighted by Crippen LogP contribution is 1.76. The van der Waals surface area contributed by atoms with Crippen molar-refractivity contribution in [3.8, 4) is 0 Å². The Morgan fingerprint density at radius 2 is 2.10 bits per heavy atom. The third-order valence-corrected chi connectivity index (χ3v) is 0.990. The van der Waals surface area contributed by atoms with Crippen LogP contribution in [0, 0.1) is 0 Å². The number of hydrogen-bond acceptors (Lipinski definition) is 3. The molecule has 0 aromatic heterocycles. The van der Waals surface area contributed by atoms with Crippen LogP contribution < -0.4 is 16.8 Å². The number of carbonyl (C=O) groups is 2. The van der Waals surface area contributed by atoms with E-state index in [-0.39, 0.29) is 12.5 Å². The number of nitrogens with two attached hydrogens (primary N) is 2. The Bertz CT molecular complexity index is 146. The highest BCUT2D eigenvalue weighted by molar-refractivity contribution is 5.86. The fraction of sp³-hybridized carbons (Fsp3) is 0.600. The van der Waals surface area contributed by atoms with Crippen LogP contribution in [0.4, 0.5) is 0 Å². The summed E-state index contributed by atoms with van der Waals surface area (Å²) in [7, 11) is 0. The number of rotatable bonds is 3. The Kier molecular flexibility index (Phi) is 3.42. The molecule has 0 aromatic rings. The maximum Gasteiger partial charge on any atom is 0.239 e. The van der Waals surface area contributed by atoms with Crippen LogP contribution in [-0.4, -0.2) is 24.4 Å². The van der Waals surface area contributed by atoms with Gasteiger partial charge in [0.25, 0.3) is 0 Å². The van der Waals surface area contributed by atoms with Gasteiger partial charge in [-0.2, -0.15) is 0 Å². The summed E-state index contributed by atoms with van der Waals surface area (Å²) in [6, 6.07) is -0.643. The Morgan fingerprint density at radius 1 is 1.60 bits per heavy atom. The summed E-state index contributed by atoms with van der Waals surface area (Å²) >= 11 is 0. The third kappa shape index (κ3) is 3.03. The van der Waals surface area contributed by atoms with E-state index >= 15 is 0 Å². The number of nitrogens with one attached hydrogen (secondary N) is 1. The highest BCUT2D eigenvalue weighted by Gasteiger charge is 2.09. The van der Waals surface area contributed by atoms with Gasteiger partial charge < -0.3 is 16.8 Å². The minimum absolute atomic E-state index is 0.127. The molecule has 5 N–H and O–H groups in total. The summed E-state index contributed by atoms with van der Waals surface area (Å²) < 4.78 is 0. The van der Waals surface area contributed by atoms with E-state index in [2.05, 4.69) is 5.32 Å². The van der Waals surface area contributed by atoms with E-state index in [1.54, 1.807) is 0 Å². The zero-order valence-electron chi connectivity index (χ0n) is 5.76. The molecule has 0 fully saturated rings. The summed E-state index contributed by atoms with van der Waals surface area (Å²) in [5.41, 5.74) is 9.80. The number of hydrogen-bond donors (Lipinski definition) is 3. The maximum absolute atomic E-state index is 10.5. The smallest absolute Gasteiger partial charge is 0.239 e. The minimum Gasteiger partial charge on any atom is -0.368 e. The lowest BCUT2D eigenvalue weighted by atomic mass is 10.3.